The number of carbonyl (C=O) groups is 2. The van der Waals surface area contributed by atoms with E-state index in [2.05, 4.69) is 31.9 Å². The van der Waals surface area contributed by atoms with Crippen LogP contribution in [0.2, 0.25) is 0 Å². The summed E-state index contributed by atoms with van der Waals surface area (Å²) in [7, 11) is 3.35. The van der Waals surface area contributed by atoms with Crippen molar-refractivity contribution in [3.63, 3.8) is 0 Å². The zero-order valence-corrected chi connectivity index (χ0v) is 14.3. The second-order valence-electron chi connectivity index (χ2n) is 4.27. The van der Waals surface area contributed by atoms with E-state index >= 15 is 0 Å². The van der Waals surface area contributed by atoms with Crippen LogP contribution < -0.4 is 0 Å². The van der Waals surface area contributed by atoms with E-state index in [0.717, 1.165) is 8.95 Å². The van der Waals surface area contributed by atoms with Crippen LogP contribution in [0.4, 0.5) is 0 Å². The van der Waals surface area contributed by atoms with E-state index in [1.54, 1.807) is 26.2 Å². The zero-order chi connectivity index (χ0) is 14.6. The summed E-state index contributed by atoms with van der Waals surface area (Å²) in [5.41, 5.74) is 0.551. The van der Waals surface area contributed by atoms with Gasteiger partial charge < -0.3 is 9.80 Å². The Bertz CT molecular complexity index is 469. The number of carbonyl (C=O) groups excluding carboxylic acids is 2. The summed E-state index contributed by atoms with van der Waals surface area (Å²) in [5, 5.41) is 0. The molecule has 0 unspecified atom stereocenters. The summed E-state index contributed by atoms with van der Waals surface area (Å²) in [5.74, 6) is -0.246. The Kier molecular flexibility index (Phi) is 6.00. The lowest BCUT2D eigenvalue weighted by Gasteiger charge is -2.22. The van der Waals surface area contributed by atoms with Crippen LogP contribution in [0.15, 0.2) is 27.1 Å². The zero-order valence-electron chi connectivity index (χ0n) is 11.1. The molecule has 4 nitrogen and oxygen atoms in total. The monoisotopic (exact) mass is 390 g/mol. The molecule has 19 heavy (non-hydrogen) atoms. The lowest BCUT2D eigenvalue weighted by atomic mass is 10.2. The van der Waals surface area contributed by atoms with E-state index in [9.17, 15) is 9.59 Å². The molecule has 0 heterocycles. The predicted molar refractivity (Wildman–Crippen MR) is 82.1 cm³/mol. The molecule has 0 aliphatic heterocycles. The molecule has 1 aromatic rings. The van der Waals surface area contributed by atoms with Gasteiger partial charge in [0.1, 0.15) is 0 Å². The summed E-state index contributed by atoms with van der Waals surface area (Å²) < 4.78 is 1.64. The summed E-state index contributed by atoms with van der Waals surface area (Å²) in [6.07, 6.45) is 0. The molecule has 1 aromatic carbocycles. The number of likely N-dealkylation sites (N-methyl/N-ethyl adjacent to an activating group) is 2. The van der Waals surface area contributed by atoms with Crippen molar-refractivity contribution in [2.45, 2.75) is 6.92 Å². The Hall–Kier alpha value is -0.880. The van der Waals surface area contributed by atoms with Crippen LogP contribution in [-0.4, -0.2) is 48.8 Å². The average Bonchev–Trinajstić information content (AvgIpc) is 2.33. The van der Waals surface area contributed by atoms with Gasteiger partial charge >= 0.3 is 0 Å². The van der Waals surface area contributed by atoms with E-state index < -0.39 is 0 Å². The molecule has 0 saturated carbocycles. The molecule has 0 radical (unpaired) electrons. The number of hydrogen-bond donors (Lipinski definition) is 0. The lowest BCUT2D eigenvalue weighted by Crippen LogP contribution is -2.40. The van der Waals surface area contributed by atoms with Crippen LogP contribution in [0.3, 0.4) is 0 Å². The summed E-state index contributed by atoms with van der Waals surface area (Å²) in [6, 6.07) is 5.35. The van der Waals surface area contributed by atoms with Gasteiger partial charge in [-0.15, -0.1) is 0 Å². The second kappa shape index (κ2) is 7.05. The Labute approximate surface area is 130 Å². The van der Waals surface area contributed by atoms with Gasteiger partial charge in [-0.05, 0) is 25.1 Å². The van der Waals surface area contributed by atoms with Gasteiger partial charge in [-0.25, -0.2) is 0 Å². The summed E-state index contributed by atoms with van der Waals surface area (Å²) in [6.45, 7) is 2.43. The third kappa shape index (κ3) is 4.62. The Morgan fingerprint density at radius 1 is 1.11 bits per heavy atom. The van der Waals surface area contributed by atoms with Crippen molar-refractivity contribution in [2.24, 2.45) is 0 Å². The first-order chi connectivity index (χ1) is 8.85. The van der Waals surface area contributed by atoms with Crippen molar-refractivity contribution >= 4 is 43.7 Å². The normalized spacial score (nSPS) is 10.2. The minimum absolute atomic E-state index is 0.0897. The van der Waals surface area contributed by atoms with Crippen molar-refractivity contribution in [2.75, 3.05) is 27.2 Å². The molecule has 1 rings (SSSR count). The fraction of sp³-hybridized carbons (Fsp3) is 0.385. The van der Waals surface area contributed by atoms with Gasteiger partial charge in [0, 0.05) is 35.1 Å². The first kappa shape index (κ1) is 16.2. The lowest BCUT2D eigenvalue weighted by molar-refractivity contribution is -0.129. The minimum atomic E-state index is -0.153. The molecule has 0 aliphatic rings. The Morgan fingerprint density at radius 3 is 2.05 bits per heavy atom. The average molecular weight is 392 g/mol. The third-order valence-corrected chi connectivity index (χ3v) is 3.52. The fourth-order valence-electron chi connectivity index (χ4n) is 1.49. The number of nitrogens with zero attached hydrogens (tertiary/aromatic N) is 2. The topological polar surface area (TPSA) is 40.6 Å². The van der Waals surface area contributed by atoms with E-state index in [0.29, 0.717) is 12.1 Å². The minimum Gasteiger partial charge on any atom is -0.347 e. The quantitative estimate of drug-likeness (QED) is 0.791. The first-order valence-electron chi connectivity index (χ1n) is 5.80. The highest BCUT2D eigenvalue weighted by Crippen LogP contribution is 2.21. The molecular weight excluding hydrogens is 376 g/mol. The maximum atomic E-state index is 12.4. The molecule has 0 atom stereocenters. The highest BCUT2D eigenvalue weighted by molar-refractivity contribution is 9.11. The number of benzene rings is 1. The van der Waals surface area contributed by atoms with Gasteiger partial charge in [0.05, 0.1) is 6.54 Å². The highest BCUT2D eigenvalue weighted by atomic mass is 79.9. The predicted octanol–water partition coefficient (Wildman–Crippen LogP) is 2.76. The smallest absolute Gasteiger partial charge is 0.254 e. The highest BCUT2D eigenvalue weighted by Gasteiger charge is 2.18. The van der Waals surface area contributed by atoms with E-state index in [4.69, 9.17) is 0 Å². The first-order valence-corrected chi connectivity index (χ1v) is 7.39. The van der Waals surface area contributed by atoms with Crippen molar-refractivity contribution < 1.29 is 9.59 Å². The molecule has 0 aliphatic carbocycles. The van der Waals surface area contributed by atoms with Gasteiger partial charge in [0.2, 0.25) is 5.91 Å². The van der Waals surface area contributed by atoms with Crippen LogP contribution in [0, 0.1) is 0 Å². The standard InChI is InChI=1S/C13H16Br2N2O2/c1-4-17(8-12(18)16(2)3)13(19)9-5-10(14)7-11(15)6-9/h5-7H,4,8H2,1-3H3. The maximum absolute atomic E-state index is 12.4. The van der Waals surface area contributed by atoms with Crippen molar-refractivity contribution in [1.29, 1.82) is 0 Å². The van der Waals surface area contributed by atoms with Crippen molar-refractivity contribution in [1.82, 2.24) is 9.80 Å². The molecule has 0 N–H and O–H groups in total. The second-order valence-corrected chi connectivity index (χ2v) is 6.10. The van der Waals surface area contributed by atoms with Gasteiger partial charge in [0.15, 0.2) is 0 Å². The summed E-state index contributed by atoms with van der Waals surface area (Å²) in [4.78, 5) is 27.1. The van der Waals surface area contributed by atoms with E-state index in [1.807, 2.05) is 13.0 Å². The maximum Gasteiger partial charge on any atom is 0.254 e. The van der Waals surface area contributed by atoms with Gasteiger partial charge in [0.25, 0.3) is 5.91 Å². The molecule has 0 spiro atoms. The van der Waals surface area contributed by atoms with Crippen LogP contribution in [-0.2, 0) is 4.79 Å². The SMILES string of the molecule is CCN(CC(=O)N(C)C)C(=O)c1cc(Br)cc(Br)c1. The summed E-state index contributed by atoms with van der Waals surface area (Å²) >= 11 is 6.70. The molecule has 104 valence electrons. The van der Waals surface area contributed by atoms with Crippen LogP contribution in [0.5, 0.6) is 0 Å². The molecule has 2 amide bonds. The van der Waals surface area contributed by atoms with Gasteiger partial charge in [-0.1, -0.05) is 31.9 Å². The van der Waals surface area contributed by atoms with Crippen LogP contribution >= 0.6 is 31.9 Å². The van der Waals surface area contributed by atoms with Crippen molar-refractivity contribution in [3.05, 3.63) is 32.7 Å². The van der Waals surface area contributed by atoms with E-state index in [-0.39, 0.29) is 18.4 Å². The number of amides is 2. The molecule has 0 saturated heterocycles. The molecular formula is C13H16Br2N2O2. The Morgan fingerprint density at radius 2 is 1.63 bits per heavy atom. The van der Waals surface area contributed by atoms with Gasteiger partial charge in [-0.2, -0.15) is 0 Å². The number of rotatable bonds is 4. The van der Waals surface area contributed by atoms with Crippen LogP contribution in [0.1, 0.15) is 17.3 Å². The van der Waals surface area contributed by atoms with E-state index in [1.165, 1.54) is 9.80 Å². The van der Waals surface area contributed by atoms with Gasteiger partial charge in [-0.3, -0.25) is 9.59 Å². The van der Waals surface area contributed by atoms with Crippen molar-refractivity contribution in [3.8, 4) is 0 Å². The Balaban J connectivity index is 2.92. The number of halogens is 2. The molecule has 6 heteroatoms. The third-order valence-electron chi connectivity index (χ3n) is 2.60. The van der Waals surface area contributed by atoms with Crippen LogP contribution in [0.25, 0.3) is 0 Å². The largest absolute Gasteiger partial charge is 0.347 e. The fourth-order valence-corrected chi connectivity index (χ4v) is 2.79. The molecule has 0 aromatic heterocycles. The molecule has 0 bridgehead atoms. The molecule has 0 fully saturated rings. The number of hydrogen-bond acceptors (Lipinski definition) is 2.